The molecule has 1 saturated carbocycles. The Morgan fingerprint density at radius 3 is 2.33 bits per heavy atom. The van der Waals surface area contributed by atoms with Gasteiger partial charge in [0, 0.05) is 5.56 Å². The van der Waals surface area contributed by atoms with E-state index >= 15 is 0 Å². The third-order valence-corrected chi connectivity index (χ3v) is 4.00. The van der Waals surface area contributed by atoms with E-state index in [0.29, 0.717) is 5.56 Å². The van der Waals surface area contributed by atoms with Crippen molar-refractivity contribution in [1.82, 2.24) is 4.90 Å². The van der Waals surface area contributed by atoms with Crippen molar-refractivity contribution in [2.24, 2.45) is 11.8 Å². The topological polar surface area (TPSA) is 57.6 Å². The summed E-state index contributed by atoms with van der Waals surface area (Å²) in [5, 5.41) is 9.70. The molecule has 4 nitrogen and oxygen atoms in total. The molecule has 1 aromatic carbocycles. The second kappa shape index (κ2) is 4.12. The average molecular weight is 245 g/mol. The molecule has 0 aromatic heterocycles. The fourth-order valence-electron chi connectivity index (χ4n) is 3.03. The van der Waals surface area contributed by atoms with E-state index in [1.807, 2.05) is 0 Å². The van der Waals surface area contributed by atoms with E-state index in [2.05, 4.69) is 0 Å². The number of carbonyl (C=O) groups excluding carboxylic acids is 2. The second-order valence-electron chi connectivity index (χ2n) is 5.04. The van der Waals surface area contributed by atoms with Crippen LogP contribution < -0.4 is 0 Å². The van der Waals surface area contributed by atoms with E-state index in [4.69, 9.17) is 0 Å². The zero-order valence-corrected chi connectivity index (χ0v) is 10.0. The van der Waals surface area contributed by atoms with Crippen LogP contribution >= 0.6 is 0 Å². The highest BCUT2D eigenvalue weighted by molar-refractivity contribution is 6.05. The van der Waals surface area contributed by atoms with Crippen molar-refractivity contribution in [3.05, 3.63) is 29.8 Å². The van der Waals surface area contributed by atoms with Gasteiger partial charge in [-0.1, -0.05) is 24.6 Å². The van der Waals surface area contributed by atoms with Gasteiger partial charge < -0.3 is 5.11 Å². The quantitative estimate of drug-likeness (QED) is 0.806. The van der Waals surface area contributed by atoms with Gasteiger partial charge in [0.1, 0.15) is 5.75 Å². The summed E-state index contributed by atoms with van der Waals surface area (Å²) >= 11 is 0. The smallest absolute Gasteiger partial charge is 0.233 e. The minimum Gasteiger partial charge on any atom is -0.508 e. The molecule has 0 spiro atoms. The van der Waals surface area contributed by atoms with Crippen LogP contribution in [-0.4, -0.2) is 21.8 Å². The van der Waals surface area contributed by atoms with Gasteiger partial charge in [0.25, 0.3) is 0 Å². The Morgan fingerprint density at radius 2 is 1.72 bits per heavy atom. The minimum absolute atomic E-state index is 0.0641. The Balaban J connectivity index is 1.84. The summed E-state index contributed by atoms with van der Waals surface area (Å²) in [6.45, 7) is 0.192. The summed E-state index contributed by atoms with van der Waals surface area (Å²) in [5.74, 6) is -0.210. The van der Waals surface area contributed by atoms with Gasteiger partial charge in [-0.3, -0.25) is 14.5 Å². The number of fused-ring (bicyclic) bond motifs is 1. The predicted octanol–water partition coefficient (Wildman–Crippen LogP) is 1.68. The Kier molecular flexibility index (Phi) is 2.58. The average Bonchev–Trinajstić information content (AvgIpc) is 2.92. The van der Waals surface area contributed by atoms with Crippen molar-refractivity contribution in [3.8, 4) is 5.75 Å². The molecule has 3 rings (SSSR count). The third-order valence-electron chi connectivity index (χ3n) is 4.00. The maximum absolute atomic E-state index is 12.1. The third kappa shape index (κ3) is 1.60. The molecule has 2 unspecified atom stereocenters. The number of likely N-dealkylation sites (tertiary alicyclic amines) is 1. The zero-order chi connectivity index (χ0) is 12.7. The number of hydrogen-bond donors (Lipinski definition) is 1. The summed E-state index contributed by atoms with van der Waals surface area (Å²) < 4.78 is 0. The number of phenols is 1. The molecule has 0 radical (unpaired) electrons. The fourth-order valence-corrected chi connectivity index (χ4v) is 3.03. The van der Waals surface area contributed by atoms with Crippen LogP contribution in [0.1, 0.15) is 24.8 Å². The van der Waals surface area contributed by atoms with E-state index in [1.165, 1.54) is 4.90 Å². The first-order valence-corrected chi connectivity index (χ1v) is 6.30. The van der Waals surface area contributed by atoms with Crippen molar-refractivity contribution >= 4 is 11.8 Å². The number of benzene rings is 1. The maximum atomic E-state index is 12.1. The monoisotopic (exact) mass is 245 g/mol. The number of aromatic hydroxyl groups is 1. The molecule has 2 fully saturated rings. The molecule has 4 heteroatoms. The molecule has 1 heterocycles. The van der Waals surface area contributed by atoms with Crippen LogP contribution in [0.4, 0.5) is 0 Å². The van der Waals surface area contributed by atoms with E-state index in [1.54, 1.807) is 24.3 Å². The number of rotatable bonds is 2. The minimum atomic E-state index is -0.108. The lowest BCUT2D eigenvalue weighted by Gasteiger charge is -2.16. The molecule has 2 atom stereocenters. The lowest BCUT2D eigenvalue weighted by molar-refractivity contribution is -0.141. The summed E-state index contributed by atoms with van der Waals surface area (Å²) in [5.41, 5.74) is 0.624. The Labute approximate surface area is 105 Å². The van der Waals surface area contributed by atoms with Crippen molar-refractivity contribution < 1.29 is 14.7 Å². The maximum Gasteiger partial charge on any atom is 0.233 e. The molecule has 1 N–H and O–H groups in total. The van der Waals surface area contributed by atoms with Crippen LogP contribution in [0.3, 0.4) is 0 Å². The van der Waals surface area contributed by atoms with E-state index in [9.17, 15) is 14.7 Å². The van der Waals surface area contributed by atoms with Gasteiger partial charge >= 0.3 is 0 Å². The summed E-state index contributed by atoms with van der Waals surface area (Å²) in [6.07, 6.45) is 2.62. The molecule has 1 saturated heterocycles. The normalized spacial score (nSPS) is 26.8. The lowest BCUT2D eigenvalue weighted by Crippen LogP contribution is -2.31. The Hall–Kier alpha value is -1.84. The van der Waals surface area contributed by atoms with E-state index in [-0.39, 0.29) is 35.9 Å². The van der Waals surface area contributed by atoms with Gasteiger partial charge in [0.15, 0.2) is 0 Å². The molecule has 1 aliphatic heterocycles. The van der Waals surface area contributed by atoms with E-state index in [0.717, 1.165) is 19.3 Å². The highest BCUT2D eigenvalue weighted by atomic mass is 16.3. The first-order chi connectivity index (χ1) is 8.68. The fraction of sp³-hybridized carbons (Fsp3) is 0.429. The highest BCUT2D eigenvalue weighted by Crippen LogP contribution is 2.40. The number of phenolic OH excluding ortho intramolecular Hbond substituents is 1. The van der Waals surface area contributed by atoms with Gasteiger partial charge in [-0.25, -0.2) is 0 Å². The molecular formula is C14H15NO3. The Morgan fingerprint density at radius 1 is 1.11 bits per heavy atom. The first kappa shape index (κ1) is 11.3. The molecule has 1 aliphatic carbocycles. The number of imide groups is 1. The molecule has 0 bridgehead atoms. The predicted molar refractivity (Wildman–Crippen MR) is 64.5 cm³/mol. The number of hydrogen-bond acceptors (Lipinski definition) is 3. The lowest BCUT2D eigenvalue weighted by atomic mass is 10.00. The van der Waals surface area contributed by atoms with Crippen LogP contribution in [0.15, 0.2) is 24.3 Å². The summed E-state index contributed by atoms with van der Waals surface area (Å²) in [7, 11) is 0. The molecule has 18 heavy (non-hydrogen) atoms. The van der Waals surface area contributed by atoms with Crippen LogP contribution in [-0.2, 0) is 16.1 Å². The van der Waals surface area contributed by atoms with E-state index < -0.39 is 0 Å². The van der Waals surface area contributed by atoms with Crippen LogP contribution in [0.2, 0.25) is 0 Å². The van der Waals surface area contributed by atoms with Crippen molar-refractivity contribution in [2.75, 3.05) is 0 Å². The highest BCUT2D eigenvalue weighted by Gasteiger charge is 2.49. The summed E-state index contributed by atoms with van der Waals surface area (Å²) in [6, 6.07) is 6.83. The van der Waals surface area contributed by atoms with Gasteiger partial charge in [0.05, 0.1) is 18.4 Å². The number of amides is 2. The van der Waals surface area contributed by atoms with Crippen molar-refractivity contribution in [3.63, 3.8) is 0 Å². The van der Waals surface area contributed by atoms with Crippen molar-refractivity contribution in [2.45, 2.75) is 25.8 Å². The molecule has 94 valence electrons. The van der Waals surface area contributed by atoms with Gasteiger partial charge in [-0.05, 0) is 18.9 Å². The van der Waals surface area contributed by atoms with Crippen LogP contribution in [0, 0.1) is 11.8 Å². The van der Waals surface area contributed by atoms with Crippen LogP contribution in [0.25, 0.3) is 0 Å². The molecule has 1 aromatic rings. The van der Waals surface area contributed by atoms with Gasteiger partial charge in [0.2, 0.25) is 11.8 Å². The number of para-hydroxylation sites is 1. The van der Waals surface area contributed by atoms with Crippen molar-refractivity contribution in [1.29, 1.82) is 0 Å². The molecule has 2 aliphatic rings. The number of carbonyl (C=O) groups is 2. The second-order valence-corrected chi connectivity index (χ2v) is 5.04. The number of nitrogens with zero attached hydrogens (tertiary/aromatic N) is 1. The molecular weight excluding hydrogens is 230 g/mol. The first-order valence-electron chi connectivity index (χ1n) is 6.30. The standard InChI is InChI=1S/C14H15NO3/c16-12-7-2-1-4-9(12)8-15-13(17)10-5-3-6-11(10)14(15)18/h1-2,4,7,10-11,16H,3,5-6,8H2. The summed E-state index contributed by atoms with van der Waals surface area (Å²) in [4.78, 5) is 25.6. The molecule has 2 amide bonds. The van der Waals surface area contributed by atoms with Gasteiger partial charge in [-0.15, -0.1) is 0 Å². The Bertz CT molecular complexity index is 490. The van der Waals surface area contributed by atoms with Gasteiger partial charge in [-0.2, -0.15) is 0 Å². The zero-order valence-electron chi connectivity index (χ0n) is 10.0. The SMILES string of the molecule is O=C1C2CCCC2C(=O)N1Cc1ccccc1O. The van der Waals surface area contributed by atoms with Crippen LogP contribution in [0.5, 0.6) is 5.75 Å². The largest absolute Gasteiger partial charge is 0.508 e.